The van der Waals surface area contributed by atoms with Crippen LogP contribution in [0.5, 0.6) is 0 Å². The van der Waals surface area contributed by atoms with Gasteiger partial charge in [0.05, 0.1) is 12.0 Å². The van der Waals surface area contributed by atoms with Crippen molar-refractivity contribution in [1.29, 1.82) is 0 Å². The van der Waals surface area contributed by atoms with E-state index in [-0.39, 0.29) is 34.4 Å². The number of hydrogen-bond donors (Lipinski definition) is 1. The van der Waals surface area contributed by atoms with Gasteiger partial charge in [0.2, 0.25) is 0 Å². The molecule has 0 aliphatic heterocycles. The molecule has 4 aliphatic carbocycles. The van der Waals surface area contributed by atoms with E-state index in [2.05, 4.69) is 13.8 Å². The fraction of sp³-hybridized carbons (Fsp3) is 0.692. The number of carbonyl (C=O) groups excluding carboxylic acids is 2. The number of rotatable bonds is 2. The standard InChI is InChI=1S/C26H34O3/c1-25-15-13-21(27)23(24(29)16-6-4-3-5-7-16)20(25)9-8-17-18-10-11-22(28)26(18,2)14-12-19(17)25/h3-7,17-20,22-23,28H,8-15H2,1-2H3/t17-,18-,19-,20-,22-,23?,25+,26-/m0/s1. The summed E-state index contributed by atoms with van der Waals surface area (Å²) in [5.41, 5.74) is 0.835. The molecule has 1 unspecified atom stereocenters. The first-order chi connectivity index (χ1) is 13.9. The zero-order chi connectivity index (χ0) is 20.4. The van der Waals surface area contributed by atoms with Gasteiger partial charge in [-0.05, 0) is 79.4 Å². The topological polar surface area (TPSA) is 54.4 Å². The predicted octanol–water partition coefficient (Wildman–Crippen LogP) is 5.07. The Morgan fingerprint density at radius 1 is 0.897 bits per heavy atom. The molecule has 0 heterocycles. The van der Waals surface area contributed by atoms with E-state index in [4.69, 9.17) is 0 Å². The highest BCUT2D eigenvalue weighted by Gasteiger charge is 2.62. The zero-order valence-electron chi connectivity index (χ0n) is 17.8. The van der Waals surface area contributed by atoms with Gasteiger partial charge in [-0.15, -0.1) is 0 Å². The highest BCUT2D eigenvalue weighted by molar-refractivity contribution is 6.11. The van der Waals surface area contributed by atoms with Gasteiger partial charge in [-0.25, -0.2) is 0 Å². The maximum Gasteiger partial charge on any atom is 0.173 e. The maximum atomic E-state index is 13.4. The molecule has 29 heavy (non-hydrogen) atoms. The first-order valence-corrected chi connectivity index (χ1v) is 11.7. The number of fused-ring (bicyclic) bond motifs is 5. The summed E-state index contributed by atoms with van der Waals surface area (Å²) in [6.45, 7) is 4.70. The van der Waals surface area contributed by atoms with Crippen molar-refractivity contribution >= 4 is 11.6 Å². The van der Waals surface area contributed by atoms with Gasteiger partial charge in [0.15, 0.2) is 5.78 Å². The normalized spacial score (nSPS) is 46.5. The molecule has 4 saturated carbocycles. The van der Waals surface area contributed by atoms with E-state index in [1.165, 1.54) is 0 Å². The first kappa shape index (κ1) is 19.5. The number of ketones is 2. The largest absolute Gasteiger partial charge is 0.393 e. The van der Waals surface area contributed by atoms with E-state index in [0.29, 0.717) is 29.7 Å². The minimum Gasteiger partial charge on any atom is -0.393 e. The van der Waals surface area contributed by atoms with Gasteiger partial charge >= 0.3 is 0 Å². The summed E-state index contributed by atoms with van der Waals surface area (Å²) in [5, 5.41) is 10.7. The highest BCUT2D eigenvalue weighted by atomic mass is 16.3. The van der Waals surface area contributed by atoms with Crippen molar-refractivity contribution in [3.05, 3.63) is 35.9 Å². The van der Waals surface area contributed by atoms with Crippen LogP contribution in [0.3, 0.4) is 0 Å². The molecule has 3 nitrogen and oxygen atoms in total. The summed E-state index contributed by atoms with van der Waals surface area (Å²) in [5.74, 6) is 1.76. The summed E-state index contributed by atoms with van der Waals surface area (Å²) >= 11 is 0. The van der Waals surface area contributed by atoms with Crippen molar-refractivity contribution in [1.82, 2.24) is 0 Å². The molecule has 3 heteroatoms. The molecule has 0 aromatic heterocycles. The Labute approximate surface area is 174 Å². The lowest BCUT2D eigenvalue weighted by Gasteiger charge is -2.61. The Bertz CT molecular complexity index is 817. The zero-order valence-corrected chi connectivity index (χ0v) is 17.8. The minimum absolute atomic E-state index is 0.0434. The quantitative estimate of drug-likeness (QED) is 0.563. The van der Waals surface area contributed by atoms with Crippen LogP contribution in [0.1, 0.15) is 75.6 Å². The van der Waals surface area contributed by atoms with Crippen molar-refractivity contribution in [3.8, 4) is 0 Å². The number of hydrogen-bond acceptors (Lipinski definition) is 3. The summed E-state index contributed by atoms with van der Waals surface area (Å²) in [4.78, 5) is 26.4. The van der Waals surface area contributed by atoms with Crippen molar-refractivity contribution in [2.24, 2.45) is 40.4 Å². The second-order valence-corrected chi connectivity index (χ2v) is 10.9. The van der Waals surface area contributed by atoms with Crippen molar-refractivity contribution in [3.63, 3.8) is 0 Å². The lowest BCUT2D eigenvalue weighted by Crippen LogP contribution is -2.57. The number of Topliss-reactive ketones (excluding diaryl/α,β-unsaturated/α-hetero) is 2. The van der Waals surface area contributed by atoms with E-state index in [0.717, 1.165) is 44.9 Å². The van der Waals surface area contributed by atoms with Gasteiger partial charge in [-0.1, -0.05) is 44.2 Å². The lowest BCUT2D eigenvalue weighted by atomic mass is 9.43. The van der Waals surface area contributed by atoms with Crippen LogP contribution in [-0.4, -0.2) is 22.8 Å². The third-order valence-electron chi connectivity index (χ3n) is 9.89. The van der Waals surface area contributed by atoms with Crippen molar-refractivity contribution in [2.75, 3.05) is 0 Å². The highest BCUT2D eigenvalue weighted by Crippen LogP contribution is 2.66. The molecule has 1 N–H and O–H groups in total. The van der Waals surface area contributed by atoms with Gasteiger partial charge < -0.3 is 5.11 Å². The number of aliphatic hydroxyl groups is 1. The number of carbonyl (C=O) groups is 2. The third kappa shape index (κ3) is 2.72. The van der Waals surface area contributed by atoms with E-state index >= 15 is 0 Å². The maximum absolute atomic E-state index is 13.4. The van der Waals surface area contributed by atoms with Gasteiger partial charge in [0.1, 0.15) is 5.78 Å². The molecule has 0 saturated heterocycles. The summed E-state index contributed by atoms with van der Waals surface area (Å²) in [7, 11) is 0. The lowest BCUT2D eigenvalue weighted by molar-refractivity contribution is -0.149. The Balaban J connectivity index is 1.47. The summed E-state index contributed by atoms with van der Waals surface area (Å²) in [6.07, 6.45) is 7.74. The van der Waals surface area contributed by atoms with Crippen LogP contribution >= 0.6 is 0 Å². The van der Waals surface area contributed by atoms with E-state index in [9.17, 15) is 14.7 Å². The Morgan fingerprint density at radius 2 is 1.59 bits per heavy atom. The van der Waals surface area contributed by atoms with Crippen molar-refractivity contribution < 1.29 is 14.7 Å². The fourth-order valence-electron chi connectivity index (χ4n) is 8.26. The van der Waals surface area contributed by atoms with Crippen molar-refractivity contribution in [2.45, 2.75) is 71.3 Å². The smallest absolute Gasteiger partial charge is 0.173 e. The molecule has 0 bridgehead atoms. The molecule has 4 aliphatic rings. The number of aliphatic hydroxyl groups excluding tert-OH is 1. The second-order valence-electron chi connectivity index (χ2n) is 10.9. The Kier molecular flexibility index (Phi) is 4.55. The molecule has 0 amide bonds. The average molecular weight is 395 g/mol. The van der Waals surface area contributed by atoms with Crippen LogP contribution in [0.15, 0.2) is 30.3 Å². The van der Waals surface area contributed by atoms with Gasteiger partial charge in [-0.3, -0.25) is 9.59 Å². The molecule has 0 radical (unpaired) electrons. The third-order valence-corrected chi connectivity index (χ3v) is 9.89. The summed E-state index contributed by atoms with van der Waals surface area (Å²) < 4.78 is 0. The van der Waals surface area contributed by atoms with Gasteiger partial charge in [0.25, 0.3) is 0 Å². The molecule has 1 aromatic carbocycles. The first-order valence-electron chi connectivity index (χ1n) is 11.7. The van der Waals surface area contributed by atoms with E-state index < -0.39 is 5.92 Å². The molecule has 8 atom stereocenters. The average Bonchev–Trinajstić information content (AvgIpc) is 3.03. The molecule has 156 valence electrons. The van der Waals surface area contributed by atoms with E-state index in [1.807, 2.05) is 30.3 Å². The SMILES string of the molecule is C[C@]12CCC(=O)C(C(=O)c3ccccc3)[C@@H]1CC[C@@H]1[C@@H]2CC[C@]2(C)[C@@H](O)CC[C@@H]12. The monoisotopic (exact) mass is 394 g/mol. The molecule has 5 rings (SSSR count). The summed E-state index contributed by atoms with van der Waals surface area (Å²) in [6, 6.07) is 9.43. The van der Waals surface area contributed by atoms with Crippen LogP contribution in [0, 0.1) is 40.4 Å². The minimum atomic E-state index is -0.459. The molecular weight excluding hydrogens is 360 g/mol. The molecular formula is C26H34O3. The fourth-order valence-corrected chi connectivity index (χ4v) is 8.26. The van der Waals surface area contributed by atoms with Crippen LogP contribution in [0.25, 0.3) is 0 Å². The number of benzene rings is 1. The van der Waals surface area contributed by atoms with Crippen LogP contribution < -0.4 is 0 Å². The second kappa shape index (κ2) is 6.77. The molecule has 1 aromatic rings. The van der Waals surface area contributed by atoms with Crippen LogP contribution in [-0.2, 0) is 4.79 Å². The Hall–Kier alpha value is -1.48. The van der Waals surface area contributed by atoms with Crippen LogP contribution in [0.2, 0.25) is 0 Å². The predicted molar refractivity (Wildman–Crippen MR) is 112 cm³/mol. The van der Waals surface area contributed by atoms with Gasteiger partial charge in [0, 0.05) is 12.0 Å². The molecule has 0 spiro atoms. The van der Waals surface area contributed by atoms with Gasteiger partial charge in [-0.2, -0.15) is 0 Å². The molecule has 4 fully saturated rings. The Morgan fingerprint density at radius 3 is 2.34 bits per heavy atom. The van der Waals surface area contributed by atoms with Crippen LogP contribution in [0.4, 0.5) is 0 Å². The van der Waals surface area contributed by atoms with E-state index in [1.54, 1.807) is 0 Å².